The molecule has 5 rings (SSSR count). The van der Waals surface area contributed by atoms with Gasteiger partial charge in [0.25, 0.3) is 11.4 Å². The summed E-state index contributed by atoms with van der Waals surface area (Å²) in [5.41, 5.74) is 0.673. The molecule has 0 bridgehead atoms. The second-order valence-electron chi connectivity index (χ2n) is 8.62. The van der Waals surface area contributed by atoms with Crippen LogP contribution in [0.25, 0.3) is 16.7 Å². The molecule has 0 radical (unpaired) electrons. The number of fused-ring (bicyclic) bond motifs is 1. The van der Waals surface area contributed by atoms with Crippen molar-refractivity contribution in [3.63, 3.8) is 0 Å². The summed E-state index contributed by atoms with van der Waals surface area (Å²) >= 11 is 0. The molecule has 41 heavy (non-hydrogen) atoms. The molecule has 3 heterocycles. The molecule has 0 spiro atoms. The fourth-order valence-corrected chi connectivity index (χ4v) is 3.96. The second-order valence-corrected chi connectivity index (χ2v) is 8.62. The van der Waals surface area contributed by atoms with Crippen molar-refractivity contribution in [2.75, 3.05) is 17.2 Å². The van der Waals surface area contributed by atoms with Gasteiger partial charge in [-0.1, -0.05) is 12.6 Å². The summed E-state index contributed by atoms with van der Waals surface area (Å²) in [6.07, 6.45) is 4.25. The van der Waals surface area contributed by atoms with E-state index in [1.165, 1.54) is 16.8 Å². The van der Waals surface area contributed by atoms with E-state index in [4.69, 9.17) is 9.47 Å². The van der Waals surface area contributed by atoms with E-state index in [0.29, 0.717) is 41.0 Å². The first-order valence-corrected chi connectivity index (χ1v) is 12.3. The third-order valence-electron chi connectivity index (χ3n) is 5.70. The number of nitrogens with one attached hydrogen (secondary N) is 2. The Kier molecular flexibility index (Phi) is 7.41. The Morgan fingerprint density at radius 3 is 2.73 bits per heavy atom. The summed E-state index contributed by atoms with van der Waals surface area (Å²) < 4.78 is 41.8. The van der Waals surface area contributed by atoms with E-state index in [9.17, 15) is 18.4 Å². The molecular formula is C28H23F2N7O4. The smallest absolute Gasteiger partial charge is 0.299 e. The number of ether oxygens (including phenoxy) is 2. The standard InChI is InChI=1S/C28H23F2N7O4/c1-4-24(38)32-18-7-6-8-19(13-18)37-25-16(11-23(27(37)39)41-22-10-9-17(29)12-20(22)30)14-31-28(34-25)33-21-15-36(3)35-26(21)40-5-2/h4,6-15H,1,5H2,2-3H3,(H,32,38)(H,31,33,34). The molecule has 0 aliphatic carbocycles. The van der Waals surface area contributed by atoms with Crippen LogP contribution in [0.1, 0.15) is 6.92 Å². The number of aromatic nitrogens is 5. The third kappa shape index (κ3) is 5.73. The minimum Gasteiger partial charge on any atom is -0.475 e. The van der Waals surface area contributed by atoms with Crippen molar-refractivity contribution in [2.24, 2.45) is 7.05 Å². The van der Waals surface area contributed by atoms with E-state index in [1.807, 2.05) is 6.92 Å². The van der Waals surface area contributed by atoms with Crippen molar-refractivity contribution >= 4 is 34.3 Å². The number of benzene rings is 2. The number of carbonyl (C=O) groups excluding carboxylic acids is 1. The molecule has 3 aromatic heterocycles. The molecule has 11 nitrogen and oxygen atoms in total. The molecule has 208 valence electrons. The Morgan fingerprint density at radius 1 is 1.15 bits per heavy atom. The summed E-state index contributed by atoms with van der Waals surface area (Å²) in [4.78, 5) is 34.6. The van der Waals surface area contributed by atoms with Crippen molar-refractivity contribution in [1.29, 1.82) is 0 Å². The summed E-state index contributed by atoms with van der Waals surface area (Å²) in [6, 6.07) is 10.5. The molecular weight excluding hydrogens is 536 g/mol. The van der Waals surface area contributed by atoms with E-state index >= 15 is 0 Å². The predicted octanol–water partition coefficient (Wildman–Crippen LogP) is 4.85. The Morgan fingerprint density at radius 2 is 1.98 bits per heavy atom. The molecule has 0 saturated heterocycles. The molecule has 13 heteroatoms. The van der Waals surface area contributed by atoms with Crippen LogP contribution in [0, 0.1) is 11.6 Å². The normalized spacial score (nSPS) is 10.8. The maximum atomic E-state index is 14.4. The molecule has 0 aliphatic rings. The highest BCUT2D eigenvalue weighted by Crippen LogP contribution is 2.29. The number of pyridine rings is 1. The first-order valence-electron chi connectivity index (χ1n) is 12.3. The van der Waals surface area contributed by atoms with Gasteiger partial charge in [-0.15, -0.1) is 5.10 Å². The molecule has 5 aromatic rings. The zero-order valence-electron chi connectivity index (χ0n) is 21.9. The summed E-state index contributed by atoms with van der Waals surface area (Å²) in [5.74, 6) is -2.36. The van der Waals surface area contributed by atoms with Crippen molar-refractivity contribution in [2.45, 2.75) is 6.92 Å². The van der Waals surface area contributed by atoms with Gasteiger partial charge in [0, 0.05) is 30.4 Å². The van der Waals surface area contributed by atoms with Gasteiger partial charge in [0.1, 0.15) is 11.5 Å². The van der Waals surface area contributed by atoms with Gasteiger partial charge in [-0.25, -0.2) is 13.8 Å². The van der Waals surface area contributed by atoms with Crippen LogP contribution in [0.4, 0.5) is 26.1 Å². The van der Waals surface area contributed by atoms with Crippen LogP contribution in [0.5, 0.6) is 17.4 Å². The number of hydrogen-bond donors (Lipinski definition) is 2. The van der Waals surface area contributed by atoms with Crippen molar-refractivity contribution in [3.8, 4) is 23.1 Å². The number of halogens is 2. The van der Waals surface area contributed by atoms with Crippen LogP contribution in [0.2, 0.25) is 0 Å². The van der Waals surface area contributed by atoms with Gasteiger partial charge in [0.05, 0.1) is 18.5 Å². The summed E-state index contributed by atoms with van der Waals surface area (Å²) in [5, 5.41) is 10.3. The van der Waals surface area contributed by atoms with Crippen LogP contribution in [0.15, 0.2) is 78.4 Å². The largest absolute Gasteiger partial charge is 0.475 e. The number of amides is 1. The van der Waals surface area contributed by atoms with E-state index in [2.05, 4.69) is 32.3 Å². The van der Waals surface area contributed by atoms with E-state index in [-0.39, 0.29) is 23.1 Å². The lowest BCUT2D eigenvalue weighted by Crippen LogP contribution is -2.21. The van der Waals surface area contributed by atoms with Gasteiger partial charge in [-0.3, -0.25) is 18.8 Å². The zero-order chi connectivity index (χ0) is 29.1. The minimum absolute atomic E-state index is 0.133. The fourth-order valence-electron chi connectivity index (χ4n) is 3.96. The summed E-state index contributed by atoms with van der Waals surface area (Å²) in [6.45, 7) is 5.66. The highest BCUT2D eigenvalue weighted by atomic mass is 19.1. The van der Waals surface area contributed by atoms with Gasteiger partial charge in [0.2, 0.25) is 11.9 Å². The molecule has 2 aromatic carbocycles. The van der Waals surface area contributed by atoms with Crippen LogP contribution in [-0.2, 0) is 11.8 Å². The van der Waals surface area contributed by atoms with E-state index < -0.39 is 23.1 Å². The van der Waals surface area contributed by atoms with Gasteiger partial charge in [-0.2, -0.15) is 4.98 Å². The topological polar surface area (TPSA) is 125 Å². The summed E-state index contributed by atoms with van der Waals surface area (Å²) in [7, 11) is 1.73. The Bertz CT molecular complexity index is 1850. The molecule has 0 aliphatic heterocycles. The number of aryl methyl sites for hydroxylation is 1. The average molecular weight is 560 g/mol. The lowest BCUT2D eigenvalue weighted by atomic mass is 10.2. The molecule has 1 amide bonds. The van der Waals surface area contributed by atoms with Crippen LogP contribution in [0.3, 0.4) is 0 Å². The lowest BCUT2D eigenvalue weighted by molar-refractivity contribution is -0.111. The highest BCUT2D eigenvalue weighted by molar-refractivity contribution is 5.99. The van der Waals surface area contributed by atoms with Gasteiger partial charge < -0.3 is 20.1 Å². The van der Waals surface area contributed by atoms with Gasteiger partial charge >= 0.3 is 0 Å². The monoisotopic (exact) mass is 559 g/mol. The van der Waals surface area contributed by atoms with Crippen LogP contribution < -0.4 is 25.7 Å². The molecule has 0 fully saturated rings. The fraction of sp³-hybridized carbons (Fsp3) is 0.107. The Hall–Kier alpha value is -5.59. The second kappa shape index (κ2) is 11.3. The number of carbonyl (C=O) groups is 1. The average Bonchev–Trinajstić information content (AvgIpc) is 3.29. The molecule has 0 saturated carbocycles. The lowest BCUT2D eigenvalue weighted by Gasteiger charge is -2.15. The van der Waals surface area contributed by atoms with Crippen molar-refractivity contribution < 1.29 is 23.0 Å². The number of anilines is 3. The first kappa shape index (κ1) is 27.0. The van der Waals surface area contributed by atoms with Crippen LogP contribution in [-0.4, -0.2) is 36.8 Å². The molecule has 2 N–H and O–H groups in total. The number of nitrogens with zero attached hydrogens (tertiary/aromatic N) is 5. The predicted molar refractivity (Wildman–Crippen MR) is 148 cm³/mol. The van der Waals surface area contributed by atoms with Gasteiger partial charge in [0.15, 0.2) is 23.0 Å². The molecule has 0 atom stereocenters. The maximum Gasteiger partial charge on any atom is 0.299 e. The number of rotatable bonds is 9. The van der Waals surface area contributed by atoms with E-state index in [1.54, 1.807) is 42.2 Å². The van der Waals surface area contributed by atoms with Crippen molar-refractivity contribution in [1.82, 2.24) is 24.3 Å². The zero-order valence-corrected chi connectivity index (χ0v) is 21.9. The molecule has 0 unspecified atom stereocenters. The SMILES string of the molecule is C=CC(=O)Nc1cccc(-n2c(=O)c(Oc3ccc(F)cc3F)cc3cnc(Nc4cn(C)nc4OCC)nc32)c1. The van der Waals surface area contributed by atoms with Crippen LogP contribution >= 0.6 is 0 Å². The third-order valence-corrected chi connectivity index (χ3v) is 5.70. The minimum atomic E-state index is -0.984. The van der Waals surface area contributed by atoms with Crippen molar-refractivity contribution in [3.05, 3.63) is 95.6 Å². The highest BCUT2D eigenvalue weighted by Gasteiger charge is 2.18. The quantitative estimate of drug-likeness (QED) is 0.246. The Balaban J connectivity index is 1.66. The Labute approximate surface area is 231 Å². The number of hydrogen-bond acceptors (Lipinski definition) is 8. The first-order chi connectivity index (χ1) is 19.7. The van der Waals surface area contributed by atoms with E-state index in [0.717, 1.165) is 18.2 Å². The maximum absolute atomic E-state index is 14.4. The van der Waals surface area contributed by atoms with Gasteiger partial charge in [-0.05, 0) is 49.4 Å².